The highest BCUT2D eigenvalue weighted by Crippen LogP contribution is 2.19. The molecule has 0 spiro atoms. The highest BCUT2D eigenvalue weighted by molar-refractivity contribution is 7.09. The van der Waals surface area contributed by atoms with E-state index < -0.39 is 0 Å². The maximum atomic E-state index is 5.53. The first kappa shape index (κ1) is 8.12. The van der Waals surface area contributed by atoms with Crippen molar-refractivity contribution in [1.82, 2.24) is 15.0 Å². The molecular formula is C8H8N4S. The topological polar surface area (TPSA) is 64.7 Å². The molecule has 0 aliphatic heterocycles. The second-order valence-corrected chi connectivity index (χ2v) is 3.64. The number of aromatic nitrogens is 3. The summed E-state index contributed by atoms with van der Waals surface area (Å²) in [5.74, 6) is 0.468. The van der Waals surface area contributed by atoms with E-state index in [2.05, 4.69) is 15.0 Å². The van der Waals surface area contributed by atoms with Crippen molar-refractivity contribution in [3.05, 3.63) is 22.8 Å². The summed E-state index contributed by atoms with van der Waals surface area (Å²) in [6.07, 6.45) is 1.44. The van der Waals surface area contributed by atoms with E-state index in [1.165, 1.54) is 6.33 Å². The average molecular weight is 192 g/mol. The van der Waals surface area contributed by atoms with Crippen LogP contribution in [0.3, 0.4) is 0 Å². The molecule has 4 nitrogen and oxygen atoms in total. The summed E-state index contributed by atoms with van der Waals surface area (Å²) in [7, 11) is 0. The molecule has 2 aromatic heterocycles. The molecule has 2 aromatic rings. The first-order chi connectivity index (χ1) is 6.25. The van der Waals surface area contributed by atoms with Gasteiger partial charge in [-0.2, -0.15) is 0 Å². The number of hydrogen-bond donors (Lipinski definition) is 1. The van der Waals surface area contributed by atoms with Crippen LogP contribution in [0.1, 0.15) is 5.01 Å². The van der Waals surface area contributed by atoms with Crippen LogP contribution in [0.15, 0.2) is 17.8 Å². The van der Waals surface area contributed by atoms with Crippen LogP contribution in [0, 0.1) is 6.92 Å². The lowest BCUT2D eigenvalue weighted by molar-refractivity contribution is 1.16. The molecule has 0 amide bonds. The fraction of sp³-hybridized carbons (Fsp3) is 0.125. The molecule has 0 bridgehead atoms. The zero-order valence-electron chi connectivity index (χ0n) is 7.06. The number of anilines is 1. The van der Waals surface area contributed by atoms with Crippen LogP contribution in [0.4, 0.5) is 5.82 Å². The summed E-state index contributed by atoms with van der Waals surface area (Å²) in [5, 5.41) is 2.98. The largest absolute Gasteiger partial charge is 0.384 e. The smallest absolute Gasteiger partial charge is 0.127 e. The van der Waals surface area contributed by atoms with Gasteiger partial charge in [0.15, 0.2) is 0 Å². The number of aryl methyl sites for hydroxylation is 1. The van der Waals surface area contributed by atoms with Gasteiger partial charge in [0.1, 0.15) is 17.8 Å². The maximum absolute atomic E-state index is 5.53. The SMILES string of the molecule is Cc1nc(-c2cc(N)ncn2)cs1. The normalized spacial score (nSPS) is 10.2. The monoisotopic (exact) mass is 192 g/mol. The summed E-state index contributed by atoms with van der Waals surface area (Å²) >= 11 is 1.59. The second kappa shape index (κ2) is 3.10. The number of nitrogens with two attached hydrogens (primary N) is 1. The summed E-state index contributed by atoms with van der Waals surface area (Å²) < 4.78 is 0. The van der Waals surface area contributed by atoms with Crippen molar-refractivity contribution >= 4 is 17.2 Å². The zero-order valence-corrected chi connectivity index (χ0v) is 7.88. The van der Waals surface area contributed by atoms with E-state index in [1.807, 2.05) is 12.3 Å². The summed E-state index contributed by atoms with van der Waals surface area (Å²) in [5.41, 5.74) is 7.16. The van der Waals surface area contributed by atoms with E-state index in [1.54, 1.807) is 17.4 Å². The Balaban J connectivity index is 2.46. The lowest BCUT2D eigenvalue weighted by Crippen LogP contribution is -1.92. The van der Waals surface area contributed by atoms with E-state index >= 15 is 0 Å². The van der Waals surface area contributed by atoms with Crippen LogP contribution >= 0.6 is 11.3 Å². The van der Waals surface area contributed by atoms with Crippen molar-refractivity contribution in [2.75, 3.05) is 5.73 Å². The van der Waals surface area contributed by atoms with E-state index in [0.717, 1.165) is 16.4 Å². The predicted molar refractivity (Wildman–Crippen MR) is 52.3 cm³/mol. The third-order valence-electron chi connectivity index (χ3n) is 1.57. The molecule has 2 N–H and O–H groups in total. The molecule has 66 valence electrons. The van der Waals surface area contributed by atoms with Gasteiger partial charge in [-0.15, -0.1) is 11.3 Å². The van der Waals surface area contributed by atoms with E-state index in [0.29, 0.717) is 5.82 Å². The highest BCUT2D eigenvalue weighted by Gasteiger charge is 2.03. The molecule has 5 heteroatoms. The second-order valence-electron chi connectivity index (χ2n) is 2.58. The highest BCUT2D eigenvalue weighted by atomic mass is 32.1. The molecule has 0 atom stereocenters. The van der Waals surface area contributed by atoms with Crippen LogP contribution in [0.5, 0.6) is 0 Å². The van der Waals surface area contributed by atoms with Crippen molar-refractivity contribution in [2.24, 2.45) is 0 Å². The standard InChI is InChI=1S/C8H8N4S/c1-5-12-7(3-13-5)6-2-8(9)11-4-10-6/h2-4H,1H3,(H2,9,10,11). The van der Waals surface area contributed by atoms with Crippen molar-refractivity contribution in [3.8, 4) is 11.4 Å². The van der Waals surface area contributed by atoms with Gasteiger partial charge in [0.2, 0.25) is 0 Å². The minimum atomic E-state index is 0.468. The van der Waals surface area contributed by atoms with Gasteiger partial charge < -0.3 is 5.73 Å². The summed E-state index contributed by atoms with van der Waals surface area (Å²) in [4.78, 5) is 12.2. The zero-order chi connectivity index (χ0) is 9.26. The Morgan fingerprint density at radius 2 is 2.15 bits per heavy atom. The van der Waals surface area contributed by atoms with Gasteiger partial charge in [0, 0.05) is 11.4 Å². The predicted octanol–water partition coefficient (Wildman–Crippen LogP) is 1.49. The van der Waals surface area contributed by atoms with Crippen molar-refractivity contribution < 1.29 is 0 Å². The molecule has 13 heavy (non-hydrogen) atoms. The average Bonchev–Trinajstić information content (AvgIpc) is 2.52. The fourth-order valence-corrected chi connectivity index (χ4v) is 1.60. The molecule has 0 aliphatic rings. The quantitative estimate of drug-likeness (QED) is 0.743. The van der Waals surface area contributed by atoms with Crippen molar-refractivity contribution in [2.45, 2.75) is 6.92 Å². The van der Waals surface area contributed by atoms with Gasteiger partial charge >= 0.3 is 0 Å². The van der Waals surface area contributed by atoms with Crippen molar-refractivity contribution in [3.63, 3.8) is 0 Å². The first-order valence-electron chi connectivity index (χ1n) is 3.76. The number of nitrogens with zero attached hydrogens (tertiary/aromatic N) is 3. The van der Waals surface area contributed by atoms with E-state index in [-0.39, 0.29) is 0 Å². The van der Waals surface area contributed by atoms with Crippen molar-refractivity contribution in [1.29, 1.82) is 0 Å². The summed E-state index contributed by atoms with van der Waals surface area (Å²) in [6, 6.07) is 1.72. The first-order valence-corrected chi connectivity index (χ1v) is 4.64. The molecule has 0 fully saturated rings. The van der Waals surface area contributed by atoms with E-state index in [9.17, 15) is 0 Å². The lowest BCUT2D eigenvalue weighted by atomic mass is 10.3. The minimum Gasteiger partial charge on any atom is -0.384 e. The Labute approximate surface area is 79.5 Å². The molecule has 2 heterocycles. The minimum absolute atomic E-state index is 0.468. The van der Waals surface area contributed by atoms with Gasteiger partial charge in [-0.1, -0.05) is 0 Å². The Morgan fingerprint density at radius 1 is 1.31 bits per heavy atom. The maximum Gasteiger partial charge on any atom is 0.127 e. The number of rotatable bonds is 1. The number of thiazole rings is 1. The van der Waals surface area contributed by atoms with Crippen LogP contribution < -0.4 is 5.73 Å². The molecule has 0 aromatic carbocycles. The molecule has 0 unspecified atom stereocenters. The molecular weight excluding hydrogens is 184 g/mol. The summed E-state index contributed by atoms with van der Waals surface area (Å²) in [6.45, 7) is 1.96. The Bertz CT molecular complexity index is 424. The third kappa shape index (κ3) is 1.65. The molecule has 0 saturated carbocycles. The fourth-order valence-electron chi connectivity index (χ4n) is 0.993. The number of hydrogen-bond acceptors (Lipinski definition) is 5. The molecule has 2 rings (SSSR count). The Hall–Kier alpha value is -1.49. The van der Waals surface area contributed by atoms with Gasteiger partial charge in [-0.25, -0.2) is 15.0 Å². The van der Waals surface area contributed by atoms with Gasteiger partial charge in [-0.05, 0) is 6.92 Å². The van der Waals surface area contributed by atoms with Crippen LogP contribution in [0.25, 0.3) is 11.4 Å². The molecule has 0 aliphatic carbocycles. The van der Waals surface area contributed by atoms with E-state index in [4.69, 9.17) is 5.73 Å². The van der Waals surface area contributed by atoms with Crippen LogP contribution in [0.2, 0.25) is 0 Å². The molecule has 0 saturated heterocycles. The number of nitrogen functional groups attached to an aromatic ring is 1. The van der Waals surface area contributed by atoms with Gasteiger partial charge in [0.05, 0.1) is 10.7 Å². The van der Waals surface area contributed by atoms with Crippen LogP contribution in [-0.4, -0.2) is 15.0 Å². The van der Waals surface area contributed by atoms with Crippen LogP contribution in [-0.2, 0) is 0 Å². The lowest BCUT2D eigenvalue weighted by Gasteiger charge is -1.95. The van der Waals surface area contributed by atoms with Gasteiger partial charge in [-0.3, -0.25) is 0 Å². The Morgan fingerprint density at radius 3 is 2.77 bits per heavy atom. The molecule has 0 radical (unpaired) electrons. The third-order valence-corrected chi connectivity index (χ3v) is 2.34. The Kier molecular flexibility index (Phi) is 1.94. The van der Waals surface area contributed by atoms with Gasteiger partial charge in [0.25, 0.3) is 0 Å².